The highest BCUT2D eigenvalue weighted by atomic mass is 19.3. The molecule has 2 aromatic carbocycles. The standard InChI is InChI=1S/C28H33F2N3O2/c1-18(34)25(32-14-6-13-28(29,30)17-32)21-10-5-9-20(15-21)23-16-22-11-12-24(23)33(22)26(27(31)35)19-7-3-2-4-8-19/h2-5,7-10,15,22-26H,6,11-14,16-17H2,1H3,(H2,31,35). The van der Waals surface area contributed by atoms with Gasteiger partial charge in [-0.2, -0.15) is 0 Å². The molecule has 2 aromatic rings. The number of fused-ring (bicyclic) bond motifs is 2. The largest absolute Gasteiger partial charge is 0.368 e. The summed E-state index contributed by atoms with van der Waals surface area (Å²) < 4.78 is 28.3. The van der Waals surface area contributed by atoms with E-state index in [2.05, 4.69) is 11.0 Å². The van der Waals surface area contributed by atoms with E-state index in [1.54, 1.807) is 4.90 Å². The van der Waals surface area contributed by atoms with Gasteiger partial charge in [0.2, 0.25) is 5.91 Å². The van der Waals surface area contributed by atoms with Crippen molar-refractivity contribution < 1.29 is 18.4 Å². The lowest BCUT2D eigenvalue weighted by Gasteiger charge is -2.37. The van der Waals surface area contributed by atoms with Gasteiger partial charge >= 0.3 is 0 Å². The summed E-state index contributed by atoms with van der Waals surface area (Å²) in [4.78, 5) is 29.1. The Labute approximate surface area is 205 Å². The number of likely N-dealkylation sites (tertiary alicyclic amines) is 1. The van der Waals surface area contributed by atoms with Gasteiger partial charge in [-0.3, -0.25) is 19.4 Å². The van der Waals surface area contributed by atoms with Crippen molar-refractivity contribution in [3.8, 4) is 0 Å². The molecule has 5 unspecified atom stereocenters. The van der Waals surface area contributed by atoms with E-state index in [1.165, 1.54) is 6.92 Å². The number of amides is 1. The molecule has 3 heterocycles. The lowest BCUT2D eigenvalue weighted by atomic mass is 9.82. The van der Waals surface area contributed by atoms with E-state index in [4.69, 9.17) is 5.73 Å². The fourth-order valence-electron chi connectivity index (χ4n) is 6.79. The molecule has 0 spiro atoms. The van der Waals surface area contributed by atoms with Crippen LogP contribution >= 0.6 is 0 Å². The first-order valence-corrected chi connectivity index (χ1v) is 12.6. The average Bonchev–Trinajstić information content (AvgIpc) is 3.37. The molecule has 3 aliphatic heterocycles. The van der Waals surface area contributed by atoms with Crippen LogP contribution in [-0.2, 0) is 9.59 Å². The van der Waals surface area contributed by atoms with Gasteiger partial charge in [0.25, 0.3) is 5.92 Å². The van der Waals surface area contributed by atoms with Crippen LogP contribution in [0.25, 0.3) is 0 Å². The Morgan fingerprint density at radius 1 is 1.03 bits per heavy atom. The van der Waals surface area contributed by atoms with E-state index in [0.717, 1.165) is 36.0 Å². The third kappa shape index (κ3) is 4.64. The fraction of sp³-hybridized carbons (Fsp3) is 0.500. The van der Waals surface area contributed by atoms with Crippen molar-refractivity contribution in [1.82, 2.24) is 9.80 Å². The molecule has 2 bridgehead atoms. The van der Waals surface area contributed by atoms with Crippen LogP contribution in [0.5, 0.6) is 0 Å². The molecular formula is C28H33F2N3O2. The molecule has 1 amide bonds. The summed E-state index contributed by atoms with van der Waals surface area (Å²) in [5.74, 6) is -3.03. The molecule has 5 rings (SSSR count). The molecule has 0 aliphatic carbocycles. The van der Waals surface area contributed by atoms with Gasteiger partial charge in [-0.15, -0.1) is 0 Å². The number of rotatable bonds is 7. The van der Waals surface area contributed by atoms with E-state index in [-0.39, 0.29) is 42.7 Å². The number of alkyl halides is 2. The molecule has 35 heavy (non-hydrogen) atoms. The molecule has 0 aromatic heterocycles. The third-order valence-electron chi connectivity index (χ3n) is 8.10. The first-order chi connectivity index (χ1) is 16.7. The van der Waals surface area contributed by atoms with Crippen molar-refractivity contribution in [2.24, 2.45) is 5.73 Å². The molecule has 186 valence electrons. The molecule has 5 nitrogen and oxygen atoms in total. The molecule has 7 heteroatoms. The second-order valence-corrected chi connectivity index (χ2v) is 10.4. The number of benzene rings is 2. The first-order valence-electron chi connectivity index (χ1n) is 12.6. The lowest BCUT2D eigenvalue weighted by Crippen LogP contribution is -2.46. The number of ketones is 1. The number of nitrogens with zero attached hydrogens (tertiary/aromatic N) is 2. The van der Waals surface area contributed by atoms with Crippen molar-refractivity contribution in [3.05, 3.63) is 71.3 Å². The van der Waals surface area contributed by atoms with E-state index in [1.807, 2.05) is 48.5 Å². The van der Waals surface area contributed by atoms with Gasteiger partial charge in [0.1, 0.15) is 6.04 Å². The summed E-state index contributed by atoms with van der Waals surface area (Å²) in [6, 6.07) is 16.9. The molecule has 5 atom stereocenters. The number of halogens is 2. The second-order valence-electron chi connectivity index (χ2n) is 10.4. The summed E-state index contributed by atoms with van der Waals surface area (Å²) in [5, 5.41) is 0. The zero-order chi connectivity index (χ0) is 24.7. The Bertz CT molecular complexity index is 1090. The number of nitrogens with two attached hydrogens (primary N) is 1. The number of hydrogen-bond acceptors (Lipinski definition) is 4. The van der Waals surface area contributed by atoms with Gasteiger partial charge in [0.05, 0.1) is 12.6 Å². The molecule has 0 saturated carbocycles. The SMILES string of the molecule is CC(=O)C(c1cccc(C2CC3CCC2N3C(C(N)=O)c2ccccc2)c1)N1CCCC(F)(F)C1. The topological polar surface area (TPSA) is 66.6 Å². The number of hydrogen-bond donors (Lipinski definition) is 1. The quantitative estimate of drug-likeness (QED) is 0.628. The minimum absolute atomic E-state index is 0.118. The minimum atomic E-state index is -2.77. The summed E-state index contributed by atoms with van der Waals surface area (Å²) in [7, 11) is 0. The predicted octanol–water partition coefficient (Wildman–Crippen LogP) is 4.59. The summed E-state index contributed by atoms with van der Waals surface area (Å²) in [6.07, 6.45) is 3.17. The zero-order valence-corrected chi connectivity index (χ0v) is 20.1. The zero-order valence-electron chi connectivity index (χ0n) is 20.1. The maximum absolute atomic E-state index is 14.1. The van der Waals surface area contributed by atoms with Gasteiger partial charge in [-0.25, -0.2) is 8.78 Å². The van der Waals surface area contributed by atoms with Crippen LogP contribution in [0.2, 0.25) is 0 Å². The van der Waals surface area contributed by atoms with Crippen LogP contribution in [-0.4, -0.2) is 52.6 Å². The van der Waals surface area contributed by atoms with Crippen LogP contribution in [0.1, 0.15) is 73.7 Å². The fourth-order valence-corrected chi connectivity index (χ4v) is 6.79. The monoisotopic (exact) mass is 481 g/mol. The van der Waals surface area contributed by atoms with Crippen molar-refractivity contribution in [2.45, 2.75) is 75.0 Å². The Morgan fingerprint density at radius 2 is 1.77 bits per heavy atom. The van der Waals surface area contributed by atoms with Crippen LogP contribution in [0.4, 0.5) is 8.78 Å². The van der Waals surface area contributed by atoms with Crippen LogP contribution in [0, 0.1) is 0 Å². The Morgan fingerprint density at radius 3 is 2.46 bits per heavy atom. The molecular weight excluding hydrogens is 448 g/mol. The number of piperidine rings is 1. The highest BCUT2D eigenvalue weighted by Gasteiger charge is 2.51. The van der Waals surface area contributed by atoms with Crippen LogP contribution in [0.3, 0.4) is 0 Å². The van der Waals surface area contributed by atoms with Gasteiger partial charge in [0.15, 0.2) is 5.78 Å². The average molecular weight is 482 g/mol. The Hall–Kier alpha value is -2.64. The second kappa shape index (κ2) is 9.43. The van der Waals surface area contributed by atoms with E-state index in [0.29, 0.717) is 13.0 Å². The van der Waals surface area contributed by atoms with Gasteiger partial charge in [0, 0.05) is 24.4 Å². The van der Waals surface area contributed by atoms with Crippen molar-refractivity contribution in [3.63, 3.8) is 0 Å². The molecule has 3 fully saturated rings. The number of carbonyl (C=O) groups excluding carboxylic acids is 2. The maximum atomic E-state index is 14.1. The molecule has 0 radical (unpaired) electrons. The highest BCUT2D eigenvalue weighted by molar-refractivity contribution is 5.83. The smallest absolute Gasteiger partial charge is 0.260 e. The predicted molar refractivity (Wildman–Crippen MR) is 130 cm³/mol. The van der Waals surface area contributed by atoms with Gasteiger partial charge in [-0.1, -0.05) is 54.6 Å². The molecule has 2 N–H and O–H groups in total. The molecule has 3 aliphatic rings. The summed E-state index contributed by atoms with van der Waals surface area (Å²) in [5.41, 5.74) is 8.69. The maximum Gasteiger partial charge on any atom is 0.260 e. The van der Waals surface area contributed by atoms with E-state index in [9.17, 15) is 18.4 Å². The third-order valence-corrected chi connectivity index (χ3v) is 8.10. The lowest BCUT2D eigenvalue weighted by molar-refractivity contribution is -0.128. The van der Waals surface area contributed by atoms with Gasteiger partial charge < -0.3 is 5.73 Å². The molecule has 3 saturated heterocycles. The summed E-state index contributed by atoms with van der Waals surface area (Å²) in [6.45, 7) is 1.59. The normalized spacial score (nSPS) is 28.0. The van der Waals surface area contributed by atoms with Crippen LogP contribution < -0.4 is 5.73 Å². The van der Waals surface area contributed by atoms with Crippen molar-refractivity contribution >= 4 is 11.7 Å². The number of carbonyl (C=O) groups is 2. The van der Waals surface area contributed by atoms with Crippen LogP contribution in [0.15, 0.2) is 54.6 Å². The van der Waals surface area contributed by atoms with Gasteiger partial charge in [-0.05, 0) is 55.8 Å². The van der Waals surface area contributed by atoms with Crippen molar-refractivity contribution in [2.75, 3.05) is 13.1 Å². The summed E-state index contributed by atoms with van der Waals surface area (Å²) >= 11 is 0. The number of primary amides is 1. The first kappa shape index (κ1) is 24.1. The minimum Gasteiger partial charge on any atom is -0.368 e. The Balaban J connectivity index is 1.43. The Kier molecular flexibility index (Phi) is 6.49. The highest BCUT2D eigenvalue weighted by Crippen LogP contribution is 2.50. The van der Waals surface area contributed by atoms with E-state index < -0.39 is 18.0 Å². The van der Waals surface area contributed by atoms with Crippen molar-refractivity contribution in [1.29, 1.82) is 0 Å². The van der Waals surface area contributed by atoms with E-state index >= 15 is 0 Å². The number of Topliss-reactive ketones (excluding diaryl/α,β-unsaturated/α-hetero) is 1.